The molecule has 2 aromatic heterocycles. The predicted octanol–water partition coefficient (Wildman–Crippen LogP) is 14.9. The third-order valence-corrected chi connectivity index (χ3v) is 14.8. The quantitative estimate of drug-likeness (QED) is 0.164. The number of fused-ring (bicyclic) bond motifs is 10. The zero-order chi connectivity index (χ0) is 46.2. The van der Waals surface area contributed by atoms with Gasteiger partial charge in [-0.15, -0.1) is 0 Å². The number of hydrogen-bond donors (Lipinski definition) is 0. The zero-order valence-electron chi connectivity index (χ0n) is 39.8. The summed E-state index contributed by atoms with van der Waals surface area (Å²) in [4.78, 5) is 5.11. The molecule has 0 atom stereocenters. The van der Waals surface area contributed by atoms with Crippen molar-refractivity contribution in [3.8, 4) is 11.4 Å². The molecule has 4 nitrogen and oxygen atoms in total. The van der Waals surface area contributed by atoms with Gasteiger partial charge >= 0.3 is 0 Å². The molecule has 68 heavy (non-hydrogen) atoms. The monoisotopic (exact) mass is 876 g/mol. The van der Waals surface area contributed by atoms with Gasteiger partial charge in [-0.25, -0.2) is 0 Å². The summed E-state index contributed by atoms with van der Waals surface area (Å²) in [6.45, 7) is 16.0. The lowest BCUT2D eigenvalue weighted by Gasteiger charge is -2.44. The normalized spacial score (nSPS) is 13.4. The van der Waals surface area contributed by atoms with Gasteiger partial charge in [0.15, 0.2) is 0 Å². The minimum Gasteiger partial charge on any atom is -0.311 e. The van der Waals surface area contributed by atoms with Crippen molar-refractivity contribution in [3.63, 3.8) is 0 Å². The lowest BCUT2D eigenvalue weighted by Crippen LogP contribution is -2.61. The summed E-state index contributed by atoms with van der Waals surface area (Å²) in [5.41, 5.74) is 22.1. The van der Waals surface area contributed by atoms with E-state index in [9.17, 15) is 0 Å². The standard InChI is InChI=1S/C63H53BN4/c1-40-36-59-61-60(37-40)66(44-30-26-42(27-31-44)63(5,6)7)58-39-46(68-55-22-14-10-18-49(55)50-19-11-15-23-56(50)68)33-35-52(58)64(61)51-34-32-45(38-57(51)65(59)43-28-24-41(25-29-43)62(2,3)4)67-53-20-12-8-16-47(53)48-17-9-13-21-54(48)67/h8-39H,1-7H3. The van der Waals surface area contributed by atoms with E-state index < -0.39 is 0 Å². The summed E-state index contributed by atoms with van der Waals surface area (Å²) in [6.07, 6.45) is 0. The van der Waals surface area contributed by atoms with Crippen molar-refractivity contribution in [2.75, 3.05) is 9.80 Å². The number of aromatic nitrogens is 2. The van der Waals surface area contributed by atoms with Crippen molar-refractivity contribution in [1.29, 1.82) is 0 Å². The van der Waals surface area contributed by atoms with Crippen molar-refractivity contribution < 1.29 is 0 Å². The Labute approximate surface area is 399 Å². The average Bonchev–Trinajstić information content (AvgIpc) is 3.86. The Hall–Kier alpha value is -7.76. The van der Waals surface area contributed by atoms with E-state index in [4.69, 9.17) is 0 Å². The topological polar surface area (TPSA) is 16.3 Å². The number of nitrogens with zero attached hydrogens (tertiary/aromatic N) is 4. The Bertz CT molecular complexity index is 3480. The molecule has 0 saturated heterocycles. The number of anilines is 6. The molecule has 0 fully saturated rings. The van der Waals surface area contributed by atoms with E-state index in [0.717, 1.165) is 22.7 Å². The van der Waals surface area contributed by atoms with Crippen molar-refractivity contribution >= 4 is 101 Å². The van der Waals surface area contributed by atoms with Gasteiger partial charge < -0.3 is 18.9 Å². The maximum Gasteiger partial charge on any atom is 0.252 e. The van der Waals surface area contributed by atoms with Gasteiger partial charge in [0.1, 0.15) is 0 Å². The van der Waals surface area contributed by atoms with E-state index in [-0.39, 0.29) is 17.5 Å². The van der Waals surface area contributed by atoms with Crippen LogP contribution in [0.25, 0.3) is 55.0 Å². The molecule has 0 radical (unpaired) electrons. The second-order valence-corrected chi connectivity index (χ2v) is 21.1. The Balaban J connectivity index is 1.10. The van der Waals surface area contributed by atoms with E-state index in [1.165, 1.54) is 99.4 Å². The van der Waals surface area contributed by atoms with Crippen molar-refractivity contribution in [3.05, 3.63) is 211 Å². The van der Waals surface area contributed by atoms with E-state index in [1.807, 2.05) is 0 Å². The minimum absolute atomic E-state index is 0.0276. The molecule has 0 bridgehead atoms. The summed E-state index contributed by atoms with van der Waals surface area (Å²) in [7, 11) is 0. The molecule has 9 aromatic carbocycles. The van der Waals surface area contributed by atoms with Gasteiger partial charge in [-0.2, -0.15) is 0 Å². The number of rotatable bonds is 4. The first kappa shape index (κ1) is 40.5. The SMILES string of the molecule is Cc1cc2c3c(c1)N(c1ccc(C(C)(C)C)cc1)c1cc(-n4c5ccccc5c5ccccc54)ccc1B3c1ccc(-n3c4ccccc4c4ccccc43)cc1N2c1ccc(C(C)(C)C)cc1. The smallest absolute Gasteiger partial charge is 0.252 e. The van der Waals surface area contributed by atoms with E-state index >= 15 is 0 Å². The highest BCUT2D eigenvalue weighted by molar-refractivity contribution is 7.00. The highest BCUT2D eigenvalue weighted by Gasteiger charge is 2.44. The molecule has 0 amide bonds. The fourth-order valence-corrected chi connectivity index (χ4v) is 11.6. The van der Waals surface area contributed by atoms with Crippen LogP contribution in [0.15, 0.2) is 194 Å². The van der Waals surface area contributed by atoms with Crippen LogP contribution >= 0.6 is 0 Å². The van der Waals surface area contributed by atoms with Crippen molar-refractivity contribution in [1.82, 2.24) is 9.13 Å². The van der Waals surface area contributed by atoms with Crippen LogP contribution in [0.1, 0.15) is 58.2 Å². The number of benzene rings is 9. The van der Waals surface area contributed by atoms with Crippen LogP contribution in [0.5, 0.6) is 0 Å². The van der Waals surface area contributed by atoms with Gasteiger partial charge in [0, 0.05) is 67.0 Å². The molecule has 11 aromatic rings. The summed E-state index contributed by atoms with van der Waals surface area (Å²) in [5.74, 6) is 0. The van der Waals surface area contributed by atoms with Crippen molar-refractivity contribution in [2.24, 2.45) is 0 Å². The zero-order valence-corrected chi connectivity index (χ0v) is 39.8. The van der Waals surface area contributed by atoms with Crippen LogP contribution in [-0.4, -0.2) is 15.8 Å². The number of hydrogen-bond acceptors (Lipinski definition) is 2. The van der Waals surface area contributed by atoms with Gasteiger partial charge in [0.05, 0.1) is 22.1 Å². The number of aryl methyl sites for hydroxylation is 1. The predicted molar refractivity (Wildman–Crippen MR) is 291 cm³/mol. The molecule has 2 aliphatic heterocycles. The second kappa shape index (κ2) is 14.6. The van der Waals surface area contributed by atoms with Crippen molar-refractivity contribution in [2.45, 2.75) is 59.3 Å². The Morgan fingerprint density at radius 2 is 0.662 bits per heavy atom. The highest BCUT2D eigenvalue weighted by Crippen LogP contribution is 2.47. The fourth-order valence-electron chi connectivity index (χ4n) is 11.6. The molecule has 0 saturated carbocycles. The lowest BCUT2D eigenvalue weighted by atomic mass is 9.33. The maximum absolute atomic E-state index is 2.56. The summed E-state index contributed by atoms with van der Waals surface area (Å²) >= 11 is 0. The van der Waals surface area contributed by atoms with Gasteiger partial charge in [-0.3, -0.25) is 0 Å². The van der Waals surface area contributed by atoms with Gasteiger partial charge in [0.2, 0.25) is 0 Å². The van der Waals surface area contributed by atoms with Gasteiger partial charge in [0.25, 0.3) is 6.71 Å². The van der Waals surface area contributed by atoms with Gasteiger partial charge in [-0.1, -0.05) is 151 Å². The highest BCUT2D eigenvalue weighted by atomic mass is 15.2. The Morgan fingerprint density at radius 1 is 0.338 bits per heavy atom. The lowest BCUT2D eigenvalue weighted by molar-refractivity contribution is 0.590. The molecule has 4 heterocycles. The molecular formula is C63H53BN4. The first-order valence-corrected chi connectivity index (χ1v) is 24.1. The van der Waals surface area contributed by atoms with Crippen LogP contribution in [0.2, 0.25) is 0 Å². The molecule has 13 rings (SSSR count). The van der Waals surface area contributed by atoms with E-state index in [1.54, 1.807) is 0 Å². The largest absolute Gasteiger partial charge is 0.311 e. The third-order valence-electron chi connectivity index (χ3n) is 14.8. The van der Waals surface area contributed by atoms with Crippen LogP contribution < -0.4 is 26.2 Å². The minimum atomic E-state index is -0.0276. The van der Waals surface area contributed by atoms with Crippen LogP contribution in [-0.2, 0) is 10.8 Å². The second-order valence-electron chi connectivity index (χ2n) is 21.1. The maximum atomic E-state index is 2.56. The molecule has 0 spiro atoms. The molecule has 328 valence electrons. The Morgan fingerprint density at radius 3 is 1.00 bits per heavy atom. The molecule has 0 aliphatic carbocycles. The summed E-state index contributed by atoms with van der Waals surface area (Å²) in [6, 6.07) is 73.4. The third kappa shape index (κ3) is 6.01. The molecular weight excluding hydrogens is 824 g/mol. The van der Waals surface area contributed by atoms with Gasteiger partial charge in [-0.05, 0) is 136 Å². The first-order chi connectivity index (χ1) is 32.9. The fraction of sp³-hybridized carbons (Fsp3) is 0.143. The van der Waals surface area contributed by atoms with E-state index in [2.05, 4.69) is 262 Å². The summed E-state index contributed by atoms with van der Waals surface area (Å²) in [5, 5.41) is 5.04. The molecule has 0 unspecified atom stereocenters. The number of para-hydroxylation sites is 4. The molecule has 5 heteroatoms. The average molecular weight is 877 g/mol. The molecule has 0 N–H and O–H groups in total. The summed E-state index contributed by atoms with van der Waals surface area (Å²) < 4.78 is 4.91. The Kier molecular flexibility index (Phi) is 8.71. The van der Waals surface area contributed by atoms with Crippen LogP contribution in [0.3, 0.4) is 0 Å². The van der Waals surface area contributed by atoms with E-state index in [0.29, 0.717) is 0 Å². The van der Waals surface area contributed by atoms with Crippen LogP contribution in [0.4, 0.5) is 34.1 Å². The molecule has 2 aliphatic rings. The van der Waals surface area contributed by atoms with Crippen LogP contribution in [0, 0.1) is 6.92 Å². The first-order valence-electron chi connectivity index (χ1n) is 24.1.